The van der Waals surface area contributed by atoms with E-state index in [1.54, 1.807) is 0 Å². The van der Waals surface area contributed by atoms with Gasteiger partial charge in [-0.2, -0.15) is 8.75 Å². The van der Waals surface area contributed by atoms with E-state index in [0.717, 1.165) is 11.7 Å². The molecular formula is C10H10N4O4S. The van der Waals surface area contributed by atoms with Crippen molar-refractivity contribution in [2.75, 3.05) is 0 Å². The van der Waals surface area contributed by atoms with Crippen LogP contribution in [0.4, 0.5) is 5.69 Å². The normalized spacial score (nSPS) is 11.7. The maximum atomic E-state index is 10.9. The Morgan fingerprint density at radius 2 is 1.84 bits per heavy atom. The molecule has 0 fully saturated rings. The Labute approximate surface area is 111 Å². The number of nitrogens with zero attached hydrogens (tertiary/aromatic N) is 4. The molecule has 0 spiro atoms. The summed E-state index contributed by atoms with van der Waals surface area (Å²) in [6.07, 6.45) is 0.139. The average Bonchev–Trinajstić information content (AvgIpc) is 2.77. The topological polar surface area (TPSA) is 112 Å². The van der Waals surface area contributed by atoms with Crippen molar-refractivity contribution in [1.29, 1.82) is 0 Å². The van der Waals surface area contributed by atoms with Crippen LogP contribution in [0, 0.1) is 20.2 Å². The van der Waals surface area contributed by atoms with Gasteiger partial charge in [-0.25, -0.2) is 0 Å². The zero-order chi connectivity index (χ0) is 14.2. The molecular weight excluding hydrogens is 272 g/mol. The Balaban J connectivity index is 2.52. The number of hydrogen-bond acceptors (Lipinski definition) is 7. The molecule has 0 saturated heterocycles. The first-order chi connectivity index (χ1) is 8.83. The van der Waals surface area contributed by atoms with Crippen LogP contribution in [0.25, 0.3) is 11.0 Å². The van der Waals surface area contributed by atoms with Gasteiger partial charge in [0.05, 0.1) is 16.7 Å². The molecule has 2 rings (SSSR count). The third kappa shape index (κ3) is 2.36. The van der Waals surface area contributed by atoms with Crippen LogP contribution in [-0.2, 0) is 6.42 Å². The van der Waals surface area contributed by atoms with Crippen LogP contribution in [-0.4, -0.2) is 24.1 Å². The molecule has 100 valence electrons. The average molecular weight is 282 g/mol. The van der Waals surface area contributed by atoms with Crippen LogP contribution in [0.5, 0.6) is 0 Å². The van der Waals surface area contributed by atoms with E-state index in [-0.39, 0.29) is 22.5 Å². The minimum absolute atomic E-state index is 0.133. The zero-order valence-electron chi connectivity index (χ0n) is 10.2. The fourth-order valence-corrected chi connectivity index (χ4v) is 2.31. The predicted octanol–water partition coefficient (Wildman–Crippen LogP) is 2.20. The first-order valence-electron chi connectivity index (χ1n) is 5.36. The van der Waals surface area contributed by atoms with Gasteiger partial charge in [0.1, 0.15) is 5.52 Å². The summed E-state index contributed by atoms with van der Waals surface area (Å²) >= 11 is 0.859. The second-order valence-electron chi connectivity index (χ2n) is 4.71. The summed E-state index contributed by atoms with van der Waals surface area (Å²) in [5.41, 5.74) is -0.143. The molecule has 0 atom stereocenters. The Morgan fingerprint density at radius 3 is 2.42 bits per heavy atom. The second kappa shape index (κ2) is 4.50. The van der Waals surface area contributed by atoms with E-state index in [1.807, 2.05) is 0 Å². The summed E-state index contributed by atoms with van der Waals surface area (Å²) < 4.78 is 7.90. The summed E-state index contributed by atoms with van der Waals surface area (Å²) in [6, 6.07) is 2.82. The number of aromatic nitrogens is 2. The lowest BCUT2D eigenvalue weighted by molar-refractivity contribution is -0.560. The van der Waals surface area contributed by atoms with Crippen LogP contribution < -0.4 is 0 Å². The van der Waals surface area contributed by atoms with E-state index in [0.29, 0.717) is 11.1 Å². The molecule has 0 N–H and O–H groups in total. The van der Waals surface area contributed by atoms with E-state index in [1.165, 1.54) is 26.0 Å². The first kappa shape index (κ1) is 13.3. The lowest BCUT2D eigenvalue weighted by atomic mass is 9.94. The zero-order valence-corrected chi connectivity index (χ0v) is 11.0. The van der Waals surface area contributed by atoms with Crippen LogP contribution in [0.15, 0.2) is 12.1 Å². The summed E-state index contributed by atoms with van der Waals surface area (Å²) in [4.78, 5) is 20.9. The molecule has 0 saturated carbocycles. The quantitative estimate of drug-likeness (QED) is 0.627. The second-order valence-corrected chi connectivity index (χ2v) is 5.24. The van der Waals surface area contributed by atoms with Gasteiger partial charge in [0.2, 0.25) is 5.54 Å². The summed E-state index contributed by atoms with van der Waals surface area (Å²) in [5, 5.41) is 21.8. The van der Waals surface area contributed by atoms with E-state index in [4.69, 9.17) is 0 Å². The van der Waals surface area contributed by atoms with E-state index in [9.17, 15) is 20.2 Å². The van der Waals surface area contributed by atoms with Crippen LogP contribution >= 0.6 is 11.7 Å². The van der Waals surface area contributed by atoms with Crippen molar-refractivity contribution in [2.24, 2.45) is 0 Å². The molecule has 19 heavy (non-hydrogen) atoms. The number of benzene rings is 1. The third-order valence-corrected chi connectivity index (χ3v) is 3.32. The Hall–Kier alpha value is -2.16. The van der Waals surface area contributed by atoms with Crippen molar-refractivity contribution in [3.63, 3.8) is 0 Å². The molecule has 1 aromatic carbocycles. The van der Waals surface area contributed by atoms with Gasteiger partial charge in [-0.15, -0.1) is 0 Å². The highest BCUT2D eigenvalue weighted by Gasteiger charge is 2.32. The molecule has 0 bridgehead atoms. The van der Waals surface area contributed by atoms with Gasteiger partial charge in [-0.05, 0) is 11.6 Å². The van der Waals surface area contributed by atoms with Crippen molar-refractivity contribution in [1.82, 2.24) is 8.75 Å². The largest absolute Gasteiger partial charge is 0.298 e. The molecule has 1 heterocycles. The minimum atomic E-state index is -1.16. The molecule has 0 amide bonds. The van der Waals surface area contributed by atoms with Gasteiger partial charge in [-0.1, -0.05) is 0 Å². The van der Waals surface area contributed by atoms with Gasteiger partial charge in [0.25, 0.3) is 5.69 Å². The minimum Gasteiger partial charge on any atom is -0.264 e. The molecule has 8 nitrogen and oxygen atoms in total. The van der Waals surface area contributed by atoms with E-state index >= 15 is 0 Å². The fourth-order valence-electron chi connectivity index (χ4n) is 1.73. The Bertz CT molecular complexity index is 667. The van der Waals surface area contributed by atoms with Gasteiger partial charge in [-0.3, -0.25) is 20.2 Å². The summed E-state index contributed by atoms with van der Waals surface area (Å²) in [6.45, 7) is 3.00. The molecule has 0 aliphatic rings. The van der Waals surface area contributed by atoms with Gasteiger partial charge < -0.3 is 0 Å². The van der Waals surface area contributed by atoms with Gasteiger partial charge in [0.15, 0.2) is 5.52 Å². The maximum Gasteiger partial charge on any atom is 0.298 e. The number of nitro groups is 2. The van der Waals surface area contributed by atoms with Crippen molar-refractivity contribution >= 4 is 28.4 Å². The lowest BCUT2D eigenvalue weighted by Crippen LogP contribution is -2.33. The van der Waals surface area contributed by atoms with Crippen LogP contribution in [0.3, 0.4) is 0 Å². The van der Waals surface area contributed by atoms with Crippen molar-refractivity contribution in [3.8, 4) is 0 Å². The van der Waals surface area contributed by atoms with Crippen LogP contribution in [0.2, 0.25) is 0 Å². The fraction of sp³-hybridized carbons (Fsp3) is 0.400. The van der Waals surface area contributed by atoms with Crippen molar-refractivity contribution in [2.45, 2.75) is 25.8 Å². The molecule has 0 radical (unpaired) electrons. The first-order valence-corrected chi connectivity index (χ1v) is 6.09. The molecule has 0 aliphatic carbocycles. The number of fused-ring (bicyclic) bond motifs is 1. The SMILES string of the molecule is CC(C)(Cc1ccc([N+](=O)[O-])c2nsnc12)[N+](=O)[O-]. The smallest absolute Gasteiger partial charge is 0.264 e. The molecule has 2 aromatic rings. The van der Waals surface area contributed by atoms with Gasteiger partial charge in [0, 0.05) is 31.3 Å². The highest BCUT2D eigenvalue weighted by atomic mass is 32.1. The number of rotatable bonds is 4. The van der Waals surface area contributed by atoms with Crippen molar-refractivity contribution < 1.29 is 9.85 Å². The predicted molar refractivity (Wildman–Crippen MR) is 68.8 cm³/mol. The van der Waals surface area contributed by atoms with Crippen LogP contribution in [0.1, 0.15) is 19.4 Å². The lowest BCUT2D eigenvalue weighted by Gasteiger charge is -2.15. The number of nitro benzene ring substituents is 1. The molecule has 0 unspecified atom stereocenters. The van der Waals surface area contributed by atoms with Crippen molar-refractivity contribution in [3.05, 3.63) is 37.9 Å². The highest BCUT2D eigenvalue weighted by Crippen LogP contribution is 2.29. The monoisotopic (exact) mass is 282 g/mol. The maximum absolute atomic E-state index is 10.9. The highest BCUT2D eigenvalue weighted by molar-refractivity contribution is 7.00. The molecule has 9 heteroatoms. The summed E-state index contributed by atoms with van der Waals surface area (Å²) in [7, 11) is 0. The Kier molecular flexibility index (Phi) is 3.14. The molecule has 0 aliphatic heterocycles. The third-order valence-electron chi connectivity index (χ3n) is 2.79. The number of hydrogen-bond donors (Lipinski definition) is 0. The van der Waals surface area contributed by atoms with E-state index in [2.05, 4.69) is 8.75 Å². The number of non-ortho nitro benzene ring substituents is 1. The molecule has 1 aromatic heterocycles. The standard InChI is InChI=1S/C10H10N4O4S/c1-10(2,14(17)18)5-6-3-4-7(13(15)16)9-8(6)11-19-12-9/h3-4H,5H2,1-2H3. The summed E-state index contributed by atoms with van der Waals surface area (Å²) in [5.74, 6) is 0. The van der Waals surface area contributed by atoms with E-state index < -0.39 is 10.5 Å². The Morgan fingerprint density at radius 1 is 1.21 bits per heavy atom. The van der Waals surface area contributed by atoms with Gasteiger partial charge >= 0.3 is 0 Å².